The highest BCUT2D eigenvalue weighted by Crippen LogP contribution is 2.31. The van der Waals surface area contributed by atoms with Crippen LogP contribution in [0.15, 0.2) is 18.2 Å². The smallest absolute Gasteiger partial charge is 0.0453 e. The Hall–Kier alpha value is -0.240. The Labute approximate surface area is 127 Å². The van der Waals surface area contributed by atoms with Gasteiger partial charge in [0.25, 0.3) is 0 Å². The summed E-state index contributed by atoms with van der Waals surface area (Å²) < 4.78 is 0. The minimum absolute atomic E-state index is 0.251. The van der Waals surface area contributed by atoms with E-state index in [2.05, 4.69) is 32.2 Å². The van der Waals surface area contributed by atoms with Crippen LogP contribution in [0, 0.1) is 5.41 Å². The maximum absolute atomic E-state index is 6.29. The van der Waals surface area contributed by atoms with Crippen molar-refractivity contribution in [3.05, 3.63) is 33.8 Å². The Bertz CT molecular complexity index is 392. The molecule has 0 spiro atoms. The van der Waals surface area contributed by atoms with Crippen molar-refractivity contribution in [2.75, 3.05) is 13.1 Å². The molecule has 0 aromatic heterocycles. The van der Waals surface area contributed by atoms with Gasteiger partial charge in [-0.2, -0.15) is 0 Å². The molecule has 1 rings (SSSR count). The van der Waals surface area contributed by atoms with Gasteiger partial charge in [-0.1, -0.05) is 56.5 Å². The second kappa shape index (κ2) is 8.14. The number of rotatable bonds is 8. The number of nitrogens with one attached hydrogen (secondary N) is 1. The van der Waals surface area contributed by atoms with Crippen LogP contribution in [0.2, 0.25) is 10.0 Å². The van der Waals surface area contributed by atoms with Crippen LogP contribution in [-0.2, 0) is 6.42 Å². The summed E-state index contributed by atoms with van der Waals surface area (Å²) in [6.07, 6.45) is 4.55. The summed E-state index contributed by atoms with van der Waals surface area (Å²) >= 11 is 12.2. The minimum atomic E-state index is 0.251. The fraction of sp³-hybridized carbons (Fsp3) is 0.625. The number of hydrogen-bond donors (Lipinski definition) is 1. The Balaban J connectivity index is 2.75. The van der Waals surface area contributed by atoms with E-state index in [1.807, 2.05) is 12.1 Å². The molecule has 0 radical (unpaired) electrons. The summed E-state index contributed by atoms with van der Waals surface area (Å²) in [5, 5.41) is 5.03. The van der Waals surface area contributed by atoms with Crippen molar-refractivity contribution in [2.24, 2.45) is 5.41 Å². The van der Waals surface area contributed by atoms with Crippen LogP contribution in [0.3, 0.4) is 0 Å². The van der Waals surface area contributed by atoms with Gasteiger partial charge in [0, 0.05) is 16.6 Å². The van der Waals surface area contributed by atoms with Crippen molar-refractivity contribution in [2.45, 2.75) is 46.5 Å². The molecule has 1 aromatic rings. The molecule has 0 amide bonds. The minimum Gasteiger partial charge on any atom is -0.316 e. The van der Waals surface area contributed by atoms with Crippen LogP contribution in [0.4, 0.5) is 0 Å². The molecule has 0 aliphatic heterocycles. The van der Waals surface area contributed by atoms with Crippen LogP contribution in [-0.4, -0.2) is 13.1 Å². The second-order valence-electron chi connectivity index (χ2n) is 5.65. The molecule has 1 N–H and O–H groups in total. The predicted molar refractivity (Wildman–Crippen MR) is 86.3 cm³/mol. The Morgan fingerprint density at radius 1 is 1.16 bits per heavy atom. The third-order valence-corrected chi connectivity index (χ3v) is 4.05. The number of benzene rings is 1. The van der Waals surface area contributed by atoms with Crippen molar-refractivity contribution in [1.29, 1.82) is 0 Å². The van der Waals surface area contributed by atoms with Crippen molar-refractivity contribution in [3.63, 3.8) is 0 Å². The van der Waals surface area contributed by atoms with Gasteiger partial charge in [0.05, 0.1) is 0 Å². The zero-order valence-corrected chi connectivity index (χ0v) is 13.7. The first-order valence-corrected chi connectivity index (χ1v) is 7.91. The average molecular weight is 302 g/mol. The van der Waals surface area contributed by atoms with Gasteiger partial charge in [-0.3, -0.25) is 0 Å². The number of halogens is 2. The molecule has 3 heteroatoms. The van der Waals surface area contributed by atoms with E-state index in [-0.39, 0.29) is 5.41 Å². The summed E-state index contributed by atoms with van der Waals surface area (Å²) in [6, 6.07) is 5.82. The summed E-state index contributed by atoms with van der Waals surface area (Å²) in [5.41, 5.74) is 1.45. The molecule has 0 aliphatic rings. The largest absolute Gasteiger partial charge is 0.316 e. The highest BCUT2D eigenvalue weighted by Gasteiger charge is 2.24. The molecule has 1 atom stereocenters. The van der Waals surface area contributed by atoms with E-state index in [4.69, 9.17) is 23.2 Å². The van der Waals surface area contributed by atoms with Gasteiger partial charge >= 0.3 is 0 Å². The Kier molecular flexibility index (Phi) is 7.20. The highest BCUT2D eigenvalue weighted by atomic mass is 35.5. The lowest BCUT2D eigenvalue weighted by Gasteiger charge is -2.30. The lowest BCUT2D eigenvalue weighted by Crippen LogP contribution is -2.34. The molecule has 0 saturated carbocycles. The van der Waals surface area contributed by atoms with E-state index in [1.54, 1.807) is 0 Å². The molecule has 1 aromatic carbocycles. The van der Waals surface area contributed by atoms with Crippen LogP contribution in [0.1, 0.15) is 45.6 Å². The monoisotopic (exact) mass is 301 g/mol. The van der Waals surface area contributed by atoms with E-state index in [9.17, 15) is 0 Å². The van der Waals surface area contributed by atoms with Crippen molar-refractivity contribution < 1.29 is 0 Å². The summed E-state index contributed by atoms with van der Waals surface area (Å²) in [7, 11) is 0. The molecule has 0 heterocycles. The molecule has 19 heavy (non-hydrogen) atoms. The second-order valence-corrected chi connectivity index (χ2v) is 6.49. The zero-order valence-electron chi connectivity index (χ0n) is 12.2. The van der Waals surface area contributed by atoms with E-state index < -0.39 is 0 Å². The molecule has 108 valence electrons. The fourth-order valence-corrected chi connectivity index (χ4v) is 3.01. The van der Waals surface area contributed by atoms with Gasteiger partial charge in [0.15, 0.2) is 0 Å². The topological polar surface area (TPSA) is 12.0 Å². The molecule has 1 unspecified atom stereocenters. The lowest BCUT2D eigenvalue weighted by atomic mass is 9.79. The first kappa shape index (κ1) is 16.8. The standard InChI is InChI=1S/C16H25Cl2N/c1-4-8-16(3,12-19-9-5-2)11-13-6-7-14(17)10-15(13)18/h6-7,10,19H,4-5,8-9,11-12H2,1-3H3. The molecule has 0 bridgehead atoms. The van der Waals surface area contributed by atoms with Crippen LogP contribution in [0.5, 0.6) is 0 Å². The van der Waals surface area contributed by atoms with Gasteiger partial charge in [-0.25, -0.2) is 0 Å². The molecule has 0 aliphatic carbocycles. The highest BCUT2D eigenvalue weighted by molar-refractivity contribution is 6.35. The first-order valence-electron chi connectivity index (χ1n) is 7.15. The van der Waals surface area contributed by atoms with E-state index in [0.717, 1.165) is 24.5 Å². The van der Waals surface area contributed by atoms with Crippen LogP contribution >= 0.6 is 23.2 Å². The zero-order chi connectivity index (χ0) is 14.3. The third-order valence-electron chi connectivity index (χ3n) is 3.46. The van der Waals surface area contributed by atoms with Crippen molar-refractivity contribution >= 4 is 23.2 Å². The fourth-order valence-electron chi connectivity index (χ4n) is 2.53. The maximum atomic E-state index is 6.29. The van der Waals surface area contributed by atoms with Gasteiger partial charge in [0.2, 0.25) is 0 Å². The van der Waals surface area contributed by atoms with Crippen LogP contribution in [0.25, 0.3) is 0 Å². The summed E-state index contributed by atoms with van der Waals surface area (Å²) in [5.74, 6) is 0. The third kappa shape index (κ3) is 5.72. The predicted octanol–water partition coefficient (Wildman–Crippen LogP) is 5.34. The van der Waals surface area contributed by atoms with Crippen LogP contribution < -0.4 is 5.32 Å². The van der Waals surface area contributed by atoms with Gasteiger partial charge in [0.1, 0.15) is 0 Å². The quantitative estimate of drug-likeness (QED) is 0.639. The van der Waals surface area contributed by atoms with Gasteiger partial charge in [-0.15, -0.1) is 0 Å². The SMILES string of the molecule is CCCNCC(C)(CCC)Cc1ccc(Cl)cc1Cl. The van der Waals surface area contributed by atoms with Crippen molar-refractivity contribution in [3.8, 4) is 0 Å². The van der Waals surface area contributed by atoms with E-state index in [1.165, 1.54) is 24.8 Å². The summed E-state index contributed by atoms with van der Waals surface area (Å²) in [4.78, 5) is 0. The normalized spacial score (nSPS) is 14.4. The van der Waals surface area contributed by atoms with Gasteiger partial charge in [-0.05, 0) is 48.9 Å². The average Bonchev–Trinajstić information content (AvgIpc) is 2.34. The van der Waals surface area contributed by atoms with Crippen molar-refractivity contribution in [1.82, 2.24) is 5.32 Å². The Morgan fingerprint density at radius 2 is 1.89 bits per heavy atom. The molecular formula is C16H25Cl2N. The molecule has 1 nitrogen and oxygen atoms in total. The number of hydrogen-bond acceptors (Lipinski definition) is 1. The molecular weight excluding hydrogens is 277 g/mol. The van der Waals surface area contributed by atoms with Gasteiger partial charge < -0.3 is 5.32 Å². The first-order chi connectivity index (χ1) is 9.00. The van der Waals surface area contributed by atoms with E-state index in [0.29, 0.717) is 5.02 Å². The molecule has 0 saturated heterocycles. The maximum Gasteiger partial charge on any atom is 0.0453 e. The molecule has 0 fully saturated rings. The lowest BCUT2D eigenvalue weighted by molar-refractivity contribution is 0.275. The Morgan fingerprint density at radius 3 is 2.47 bits per heavy atom. The summed E-state index contributed by atoms with van der Waals surface area (Å²) in [6.45, 7) is 8.88. The van der Waals surface area contributed by atoms with E-state index >= 15 is 0 Å².